The Labute approximate surface area is 166 Å². The molecule has 7 nitrogen and oxygen atoms in total. The molecule has 2 heterocycles. The number of likely N-dealkylation sites (N-methyl/N-ethyl adjacent to an activating group) is 1. The summed E-state index contributed by atoms with van der Waals surface area (Å²) in [5.74, 6) is -0.197. The summed E-state index contributed by atoms with van der Waals surface area (Å²) in [6.45, 7) is 8.64. The van der Waals surface area contributed by atoms with Gasteiger partial charge in [-0.25, -0.2) is 4.68 Å². The number of rotatable bonds is 4. The summed E-state index contributed by atoms with van der Waals surface area (Å²) in [6, 6.07) is 7.09. The molecule has 0 bridgehead atoms. The quantitative estimate of drug-likeness (QED) is 0.880. The maximum Gasteiger partial charge on any atom is 0.248 e. The highest BCUT2D eigenvalue weighted by Gasteiger charge is 2.42. The van der Waals surface area contributed by atoms with Crippen molar-refractivity contribution in [3.63, 3.8) is 0 Å². The SMILES string of the molecule is CNC(=O)[C@@H]1CCCN1C(=O)[C@@H](n1cc(-c2cccc(C)c2)nn1)C(C)(C)C. The van der Waals surface area contributed by atoms with Gasteiger partial charge < -0.3 is 10.2 Å². The van der Waals surface area contributed by atoms with Crippen LogP contribution >= 0.6 is 0 Å². The van der Waals surface area contributed by atoms with Gasteiger partial charge in [0.1, 0.15) is 17.8 Å². The highest BCUT2D eigenvalue weighted by molar-refractivity contribution is 5.90. The van der Waals surface area contributed by atoms with E-state index in [0.717, 1.165) is 23.2 Å². The van der Waals surface area contributed by atoms with Gasteiger partial charge in [0.2, 0.25) is 11.8 Å². The third-order valence-corrected chi connectivity index (χ3v) is 5.23. The summed E-state index contributed by atoms with van der Waals surface area (Å²) < 4.78 is 1.65. The molecule has 2 amide bonds. The van der Waals surface area contributed by atoms with Gasteiger partial charge >= 0.3 is 0 Å². The van der Waals surface area contributed by atoms with E-state index >= 15 is 0 Å². The van der Waals surface area contributed by atoms with Gasteiger partial charge in [0.15, 0.2) is 0 Å². The molecule has 1 aliphatic rings. The summed E-state index contributed by atoms with van der Waals surface area (Å²) in [5, 5.41) is 11.3. The first-order valence-corrected chi connectivity index (χ1v) is 9.73. The van der Waals surface area contributed by atoms with Crippen molar-refractivity contribution in [3.8, 4) is 11.3 Å². The van der Waals surface area contributed by atoms with E-state index in [1.807, 2.05) is 58.2 Å². The van der Waals surface area contributed by atoms with Crippen LogP contribution in [0.2, 0.25) is 0 Å². The summed E-state index contributed by atoms with van der Waals surface area (Å²) in [7, 11) is 1.61. The zero-order valence-electron chi connectivity index (χ0n) is 17.3. The van der Waals surface area contributed by atoms with E-state index < -0.39 is 12.1 Å². The number of carbonyl (C=O) groups is 2. The van der Waals surface area contributed by atoms with Crippen LogP contribution in [0, 0.1) is 12.3 Å². The average molecular weight is 383 g/mol. The fourth-order valence-electron chi connectivity index (χ4n) is 3.85. The molecular weight excluding hydrogens is 354 g/mol. The lowest BCUT2D eigenvalue weighted by Crippen LogP contribution is -2.49. The number of hydrogen-bond acceptors (Lipinski definition) is 4. The standard InChI is InChI=1S/C21H29N5O2/c1-14-8-6-9-15(12-14)16-13-26(24-23-16)18(21(2,3)4)20(28)25-11-7-10-17(25)19(27)22-5/h6,8-9,12-13,17-18H,7,10-11H2,1-5H3,(H,22,27)/t17-,18+/m0/s1. The maximum absolute atomic E-state index is 13.5. The normalized spacial score (nSPS) is 18.2. The highest BCUT2D eigenvalue weighted by Crippen LogP contribution is 2.34. The number of aromatic nitrogens is 3. The van der Waals surface area contributed by atoms with Crippen molar-refractivity contribution in [2.75, 3.05) is 13.6 Å². The van der Waals surface area contributed by atoms with E-state index in [-0.39, 0.29) is 17.2 Å². The minimum absolute atomic E-state index is 0.0840. The van der Waals surface area contributed by atoms with Gasteiger partial charge in [-0.3, -0.25) is 9.59 Å². The van der Waals surface area contributed by atoms with Crippen LogP contribution in [0.1, 0.15) is 45.2 Å². The van der Waals surface area contributed by atoms with Gasteiger partial charge in [0, 0.05) is 19.2 Å². The Kier molecular flexibility index (Phi) is 5.54. The molecule has 1 N–H and O–H groups in total. The van der Waals surface area contributed by atoms with Crippen molar-refractivity contribution in [1.29, 1.82) is 0 Å². The molecule has 0 spiro atoms. The van der Waals surface area contributed by atoms with E-state index in [2.05, 4.69) is 15.6 Å². The zero-order chi connectivity index (χ0) is 20.5. The number of hydrogen-bond donors (Lipinski definition) is 1. The van der Waals surface area contributed by atoms with Crippen LogP contribution in [-0.4, -0.2) is 51.3 Å². The maximum atomic E-state index is 13.5. The van der Waals surface area contributed by atoms with Crippen molar-refractivity contribution in [2.45, 2.75) is 52.6 Å². The van der Waals surface area contributed by atoms with Crippen LogP contribution in [0.3, 0.4) is 0 Å². The Morgan fingerprint density at radius 2 is 2.04 bits per heavy atom. The predicted octanol–water partition coefficient (Wildman–Crippen LogP) is 2.58. The molecule has 0 aliphatic carbocycles. The van der Waals surface area contributed by atoms with Crippen LogP contribution < -0.4 is 5.32 Å². The molecular formula is C21H29N5O2. The summed E-state index contributed by atoms with van der Waals surface area (Å²) in [5.41, 5.74) is 2.46. The van der Waals surface area contributed by atoms with E-state index in [1.165, 1.54) is 0 Å². The van der Waals surface area contributed by atoms with Gasteiger partial charge in [-0.15, -0.1) is 5.10 Å². The van der Waals surface area contributed by atoms with Crippen LogP contribution in [0.15, 0.2) is 30.5 Å². The fraction of sp³-hybridized carbons (Fsp3) is 0.524. The van der Waals surface area contributed by atoms with Crippen molar-refractivity contribution in [2.24, 2.45) is 5.41 Å². The molecule has 2 atom stereocenters. The number of likely N-dealkylation sites (tertiary alicyclic amines) is 1. The number of nitrogens with one attached hydrogen (secondary N) is 1. The summed E-state index contributed by atoms with van der Waals surface area (Å²) in [6.07, 6.45) is 3.34. The number of aryl methyl sites for hydroxylation is 1. The molecule has 3 rings (SSSR count). The molecule has 1 aliphatic heterocycles. The second kappa shape index (κ2) is 7.73. The van der Waals surface area contributed by atoms with Crippen molar-refractivity contribution in [3.05, 3.63) is 36.0 Å². The van der Waals surface area contributed by atoms with Crippen LogP contribution in [-0.2, 0) is 9.59 Å². The second-order valence-electron chi connectivity index (χ2n) is 8.53. The van der Waals surface area contributed by atoms with Crippen molar-refractivity contribution < 1.29 is 9.59 Å². The lowest BCUT2D eigenvalue weighted by atomic mass is 9.85. The molecule has 1 saturated heterocycles. The molecule has 1 aromatic heterocycles. The number of amides is 2. The summed E-state index contributed by atoms with van der Waals surface area (Å²) in [4.78, 5) is 27.4. The lowest BCUT2D eigenvalue weighted by molar-refractivity contribution is -0.143. The van der Waals surface area contributed by atoms with E-state index in [9.17, 15) is 9.59 Å². The van der Waals surface area contributed by atoms with Gasteiger partial charge in [0.05, 0.1) is 6.20 Å². The molecule has 2 aromatic rings. The molecule has 1 aromatic carbocycles. The summed E-state index contributed by atoms with van der Waals surface area (Å²) >= 11 is 0. The molecule has 7 heteroatoms. The Morgan fingerprint density at radius 1 is 1.29 bits per heavy atom. The monoisotopic (exact) mass is 383 g/mol. The molecule has 28 heavy (non-hydrogen) atoms. The lowest BCUT2D eigenvalue weighted by Gasteiger charge is -2.34. The van der Waals surface area contributed by atoms with Crippen LogP contribution in [0.5, 0.6) is 0 Å². The van der Waals surface area contributed by atoms with Gasteiger partial charge in [0.25, 0.3) is 0 Å². The first-order chi connectivity index (χ1) is 13.2. The van der Waals surface area contributed by atoms with Crippen molar-refractivity contribution >= 4 is 11.8 Å². The van der Waals surface area contributed by atoms with Crippen molar-refractivity contribution in [1.82, 2.24) is 25.2 Å². The second-order valence-corrected chi connectivity index (χ2v) is 8.53. The minimum atomic E-state index is -0.538. The third-order valence-electron chi connectivity index (χ3n) is 5.23. The van der Waals surface area contributed by atoms with E-state index in [0.29, 0.717) is 13.0 Å². The fourth-order valence-corrected chi connectivity index (χ4v) is 3.85. The first kappa shape index (κ1) is 20.0. The Balaban J connectivity index is 1.93. The predicted molar refractivity (Wildman–Crippen MR) is 107 cm³/mol. The highest BCUT2D eigenvalue weighted by atomic mass is 16.2. The van der Waals surface area contributed by atoms with Crippen LogP contribution in [0.25, 0.3) is 11.3 Å². The molecule has 150 valence electrons. The third kappa shape index (κ3) is 3.93. The Hall–Kier alpha value is -2.70. The van der Waals surface area contributed by atoms with Crippen LogP contribution in [0.4, 0.5) is 0 Å². The average Bonchev–Trinajstić information content (AvgIpc) is 3.29. The smallest absolute Gasteiger partial charge is 0.248 e. The zero-order valence-corrected chi connectivity index (χ0v) is 17.3. The first-order valence-electron chi connectivity index (χ1n) is 9.73. The van der Waals surface area contributed by atoms with E-state index in [1.54, 1.807) is 16.6 Å². The number of carbonyl (C=O) groups excluding carboxylic acids is 2. The Morgan fingerprint density at radius 3 is 2.68 bits per heavy atom. The number of nitrogens with zero attached hydrogens (tertiary/aromatic N) is 4. The molecule has 0 radical (unpaired) electrons. The molecule has 0 saturated carbocycles. The van der Waals surface area contributed by atoms with Gasteiger partial charge in [-0.05, 0) is 31.2 Å². The Bertz CT molecular complexity index is 868. The largest absolute Gasteiger partial charge is 0.357 e. The minimum Gasteiger partial charge on any atom is -0.357 e. The topological polar surface area (TPSA) is 80.1 Å². The van der Waals surface area contributed by atoms with Gasteiger partial charge in [-0.1, -0.05) is 49.7 Å². The molecule has 0 unspecified atom stereocenters. The van der Waals surface area contributed by atoms with Gasteiger partial charge in [-0.2, -0.15) is 0 Å². The molecule has 1 fully saturated rings. The van der Waals surface area contributed by atoms with E-state index in [4.69, 9.17) is 0 Å². The number of benzene rings is 1.